The molecule has 1 aromatic heterocycles. The van der Waals surface area contributed by atoms with Crippen LogP contribution >= 0.6 is 11.3 Å². The zero-order valence-corrected chi connectivity index (χ0v) is 11.0. The number of nitrogens with zero attached hydrogens (tertiary/aromatic N) is 2. The fraction of sp³-hybridized carbons (Fsp3) is 0.143. The summed E-state index contributed by atoms with van der Waals surface area (Å²) in [6.45, 7) is 2.16. The van der Waals surface area contributed by atoms with Crippen molar-refractivity contribution in [1.82, 2.24) is 4.98 Å². The number of benzene rings is 1. The third-order valence-electron chi connectivity index (χ3n) is 2.68. The van der Waals surface area contributed by atoms with Crippen molar-refractivity contribution in [3.8, 4) is 17.6 Å². The van der Waals surface area contributed by atoms with Crippen molar-refractivity contribution in [1.29, 1.82) is 5.26 Å². The van der Waals surface area contributed by atoms with Gasteiger partial charge in [-0.3, -0.25) is 0 Å². The molecule has 1 aliphatic rings. The molecule has 0 spiro atoms. The minimum Gasteiger partial charge on any atom is -0.454 e. The van der Waals surface area contributed by atoms with E-state index in [1.54, 1.807) is 6.08 Å². The van der Waals surface area contributed by atoms with E-state index in [2.05, 4.69) is 11.1 Å². The third-order valence-corrected chi connectivity index (χ3v) is 3.67. The monoisotopic (exact) mass is 270 g/mol. The Morgan fingerprint density at radius 2 is 2.26 bits per heavy atom. The van der Waals surface area contributed by atoms with Gasteiger partial charge in [0, 0.05) is 11.1 Å². The van der Waals surface area contributed by atoms with E-state index in [1.165, 1.54) is 11.3 Å². The van der Waals surface area contributed by atoms with Gasteiger partial charge in [0.2, 0.25) is 6.79 Å². The average molecular weight is 270 g/mol. The number of aromatic nitrogens is 1. The molecule has 0 saturated heterocycles. The van der Waals surface area contributed by atoms with E-state index in [9.17, 15) is 5.26 Å². The van der Waals surface area contributed by atoms with Gasteiger partial charge in [-0.2, -0.15) is 5.26 Å². The zero-order valence-electron chi connectivity index (χ0n) is 10.2. The number of hydrogen-bond donors (Lipinski definition) is 0. The lowest BCUT2D eigenvalue weighted by molar-refractivity contribution is 0.174. The van der Waals surface area contributed by atoms with Gasteiger partial charge >= 0.3 is 0 Å². The lowest BCUT2D eigenvalue weighted by Gasteiger charge is -1.98. The van der Waals surface area contributed by atoms with Crippen LogP contribution in [0.3, 0.4) is 0 Å². The average Bonchev–Trinajstić information content (AvgIpc) is 3.04. The SMILES string of the molecule is Cc1csc(/C(C#N)=C/c2ccc3c(c2)OCO3)n1. The molecule has 4 nitrogen and oxygen atoms in total. The highest BCUT2D eigenvalue weighted by Crippen LogP contribution is 2.33. The fourth-order valence-electron chi connectivity index (χ4n) is 1.79. The molecule has 1 aliphatic heterocycles. The largest absolute Gasteiger partial charge is 0.454 e. The molecule has 0 bridgehead atoms. The summed E-state index contributed by atoms with van der Waals surface area (Å²) in [4.78, 5) is 4.32. The fourth-order valence-corrected chi connectivity index (χ4v) is 2.55. The highest BCUT2D eigenvalue weighted by Gasteiger charge is 2.13. The quantitative estimate of drug-likeness (QED) is 0.786. The second kappa shape index (κ2) is 4.75. The summed E-state index contributed by atoms with van der Waals surface area (Å²) in [6, 6.07) is 7.78. The maximum atomic E-state index is 9.24. The van der Waals surface area contributed by atoms with Crippen molar-refractivity contribution in [3.63, 3.8) is 0 Å². The Morgan fingerprint density at radius 1 is 1.42 bits per heavy atom. The maximum Gasteiger partial charge on any atom is 0.231 e. The van der Waals surface area contributed by atoms with E-state index in [0.29, 0.717) is 11.3 Å². The molecular weight excluding hydrogens is 260 g/mol. The van der Waals surface area contributed by atoms with Gasteiger partial charge in [-0.15, -0.1) is 11.3 Å². The van der Waals surface area contributed by atoms with Crippen LogP contribution in [0.2, 0.25) is 0 Å². The van der Waals surface area contributed by atoms with Gasteiger partial charge < -0.3 is 9.47 Å². The topological polar surface area (TPSA) is 55.1 Å². The number of allylic oxidation sites excluding steroid dienone is 1. The highest BCUT2D eigenvalue weighted by atomic mass is 32.1. The molecule has 0 N–H and O–H groups in total. The Kier molecular flexibility index (Phi) is 2.94. The predicted octanol–water partition coefficient (Wildman–Crippen LogP) is 3.24. The summed E-state index contributed by atoms with van der Waals surface area (Å²) in [6.07, 6.45) is 1.81. The molecule has 19 heavy (non-hydrogen) atoms. The van der Waals surface area contributed by atoms with Crippen molar-refractivity contribution < 1.29 is 9.47 Å². The Hall–Kier alpha value is -2.32. The van der Waals surface area contributed by atoms with Crippen LogP contribution in [0.15, 0.2) is 23.6 Å². The zero-order chi connectivity index (χ0) is 13.2. The third kappa shape index (κ3) is 2.30. The van der Waals surface area contributed by atoms with Gasteiger partial charge in [-0.25, -0.2) is 4.98 Å². The molecular formula is C14H10N2O2S. The number of aryl methyl sites for hydroxylation is 1. The van der Waals surface area contributed by atoms with Crippen LogP contribution in [-0.2, 0) is 0 Å². The summed E-state index contributed by atoms with van der Waals surface area (Å²) < 4.78 is 10.6. The van der Waals surface area contributed by atoms with Crippen molar-refractivity contribution >= 4 is 23.0 Å². The number of hydrogen-bond acceptors (Lipinski definition) is 5. The summed E-state index contributed by atoms with van der Waals surface area (Å²) in [5.74, 6) is 1.45. The standard InChI is InChI=1S/C14H10N2O2S/c1-9-7-19-14(16-9)11(6-15)4-10-2-3-12-13(5-10)18-8-17-12/h2-5,7H,8H2,1H3/b11-4+. The molecule has 0 amide bonds. The van der Waals surface area contributed by atoms with Gasteiger partial charge in [0.05, 0.1) is 5.57 Å². The van der Waals surface area contributed by atoms with E-state index in [0.717, 1.165) is 22.0 Å². The summed E-state index contributed by atoms with van der Waals surface area (Å²) in [7, 11) is 0. The molecule has 3 rings (SSSR count). The second-order valence-corrected chi connectivity index (χ2v) is 4.93. The van der Waals surface area contributed by atoms with E-state index < -0.39 is 0 Å². The van der Waals surface area contributed by atoms with Crippen LogP contribution in [0.25, 0.3) is 11.6 Å². The number of ether oxygens (including phenoxy) is 2. The first-order valence-electron chi connectivity index (χ1n) is 5.70. The molecule has 0 aliphatic carbocycles. The van der Waals surface area contributed by atoms with Crippen molar-refractivity contribution in [2.45, 2.75) is 6.92 Å². The first-order chi connectivity index (χ1) is 9.26. The summed E-state index contributed by atoms with van der Waals surface area (Å²) in [5, 5.41) is 11.9. The Morgan fingerprint density at radius 3 is 3.00 bits per heavy atom. The first kappa shape index (κ1) is 11.8. The van der Waals surface area contributed by atoms with E-state index >= 15 is 0 Å². The van der Waals surface area contributed by atoms with E-state index in [4.69, 9.17) is 9.47 Å². The molecule has 5 heteroatoms. The predicted molar refractivity (Wildman–Crippen MR) is 72.9 cm³/mol. The molecule has 2 heterocycles. The molecule has 0 radical (unpaired) electrons. The maximum absolute atomic E-state index is 9.24. The molecule has 0 saturated carbocycles. The molecule has 0 unspecified atom stereocenters. The van der Waals surface area contributed by atoms with Crippen LogP contribution in [0, 0.1) is 18.3 Å². The van der Waals surface area contributed by atoms with Gasteiger partial charge in [0.25, 0.3) is 0 Å². The first-order valence-corrected chi connectivity index (χ1v) is 6.58. The van der Waals surface area contributed by atoms with Crippen LogP contribution in [-0.4, -0.2) is 11.8 Å². The van der Waals surface area contributed by atoms with Crippen molar-refractivity contribution in [3.05, 3.63) is 39.8 Å². The second-order valence-electron chi connectivity index (χ2n) is 4.08. The Balaban J connectivity index is 1.97. The molecule has 2 aromatic rings. The van der Waals surface area contributed by atoms with E-state index in [-0.39, 0.29) is 6.79 Å². The minimum absolute atomic E-state index is 0.249. The molecule has 0 fully saturated rings. The molecule has 94 valence electrons. The van der Waals surface area contributed by atoms with E-state index in [1.807, 2.05) is 30.5 Å². The number of thiazole rings is 1. The van der Waals surface area contributed by atoms with Crippen LogP contribution < -0.4 is 9.47 Å². The summed E-state index contributed by atoms with van der Waals surface area (Å²) in [5.41, 5.74) is 2.37. The van der Waals surface area contributed by atoms with Crippen molar-refractivity contribution in [2.75, 3.05) is 6.79 Å². The molecule has 0 atom stereocenters. The number of fused-ring (bicyclic) bond motifs is 1. The number of rotatable bonds is 2. The summed E-state index contributed by atoms with van der Waals surface area (Å²) >= 11 is 1.47. The molecule has 1 aromatic carbocycles. The number of nitriles is 1. The smallest absolute Gasteiger partial charge is 0.231 e. The van der Waals surface area contributed by atoms with Crippen molar-refractivity contribution in [2.24, 2.45) is 0 Å². The van der Waals surface area contributed by atoms with Crippen LogP contribution in [0.5, 0.6) is 11.5 Å². The van der Waals surface area contributed by atoms with Crippen LogP contribution in [0.1, 0.15) is 16.3 Å². The van der Waals surface area contributed by atoms with Gasteiger partial charge in [0.15, 0.2) is 11.5 Å². The minimum atomic E-state index is 0.249. The lowest BCUT2D eigenvalue weighted by Crippen LogP contribution is -1.92. The van der Waals surface area contributed by atoms with Gasteiger partial charge in [0.1, 0.15) is 11.1 Å². The highest BCUT2D eigenvalue weighted by molar-refractivity contribution is 7.11. The normalized spacial score (nSPS) is 13.4. The lowest BCUT2D eigenvalue weighted by atomic mass is 10.1. The van der Waals surface area contributed by atoms with Gasteiger partial charge in [-0.05, 0) is 30.7 Å². The van der Waals surface area contributed by atoms with Crippen LogP contribution in [0.4, 0.5) is 0 Å². The Bertz CT molecular complexity index is 698. The van der Waals surface area contributed by atoms with Gasteiger partial charge in [-0.1, -0.05) is 6.07 Å². The Labute approximate surface area is 114 Å².